The first-order valence-electron chi connectivity index (χ1n) is 6.42. The number of hydrogen-bond acceptors (Lipinski definition) is 1. The van der Waals surface area contributed by atoms with Crippen LogP contribution in [0.3, 0.4) is 0 Å². The van der Waals surface area contributed by atoms with E-state index in [1.54, 1.807) is 12.1 Å². The molecule has 8 heteroatoms. The highest BCUT2D eigenvalue weighted by molar-refractivity contribution is 7.80. The van der Waals surface area contributed by atoms with Crippen LogP contribution in [-0.4, -0.2) is 5.11 Å². The van der Waals surface area contributed by atoms with Gasteiger partial charge in [0.15, 0.2) is 5.11 Å². The first-order chi connectivity index (χ1) is 10.8. The number of anilines is 1. The summed E-state index contributed by atoms with van der Waals surface area (Å²) in [5.74, 6) is -0.356. The topological polar surface area (TPSA) is 24.1 Å². The molecule has 0 saturated heterocycles. The van der Waals surface area contributed by atoms with Gasteiger partial charge in [0.2, 0.25) is 0 Å². The molecule has 0 aliphatic carbocycles. The zero-order chi connectivity index (χ0) is 17.0. The van der Waals surface area contributed by atoms with Crippen molar-refractivity contribution in [2.45, 2.75) is 12.7 Å². The summed E-state index contributed by atoms with van der Waals surface area (Å²) in [6.45, 7) is 0.294. The molecule has 2 aromatic carbocycles. The fourth-order valence-electron chi connectivity index (χ4n) is 1.75. The van der Waals surface area contributed by atoms with Gasteiger partial charge in [0.1, 0.15) is 5.82 Å². The highest BCUT2D eigenvalue weighted by atomic mass is 35.5. The minimum absolute atomic E-state index is 0.0538. The molecule has 0 heterocycles. The summed E-state index contributed by atoms with van der Waals surface area (Å²) in [6, 6.07) is 8.67. The zero-order valence-corrected chi connectivity index (χ0v) is 13.1. The molecule has 0 aliphatic rings. The van der Waals surface area contributed by atoms with Gasteiger partial charge in [-0.1, -0.05) is 23.7 Å². The second kappa shape index (κ2) is 7.14. The number of thiocarbonyl (C=S) groups is 1. The molecule has 0 radical (unpaired) electrons. The second-order valence-corrected chi connectivity index (χ2v) is 5.44. The quantitative estimate of drug-likeness (QED) is 0.594. The van der Waals surface area contributed by atoms with Crippen LogP contribution in [0, 0.1) is 5.82 Å². The molecule has 0 unspecified atom stereocenters. The molecule has 122 valence electrons. The third kappa shape index (κ3) is 5.07. The van der Waals surface area contributed by atoms with Crippen molar-refractivity contribution in [3.05, 3.63) is 64.4 Å². The van der Waals surface area contributed by atoms with Crippen molar-refractivity contribution >= 4 is 34.6 Å². The van der Waals surface area contributed by atoms with E-state index in [9.17, 15) is 17.6 Å². The lowest BCUT2D eigenvalue weighted by molar-refractivity contribution is -0.137. The summed E-state index contributed by atoms with van der Waals surface area (Å²) in [4.78, 5) is 0. The Hall–Kier alpha value is -1.86. The molecule has 0 spiro atoms. The Labute approximate surface area is 140 Å². The Balaban J connectivity index is 2.01. The van der Waals surface area contributed by atoms with Gasteiger partial charge >= 0.3 is 6.18 Å². The molecule has 2 nitrogen and oxygen atoms in total. The standard InChI is InChI=1S/C15H11ClF4N2S/c16-12-6-3-10(15(18,19)20)7-13(12)22-14(23)21-8-9-1-4-11(17)5-2-9/h1-7H,8H2,(H2,21,22,23). The predicted octanol–water partition coefficient (Wildman–Crippen LogP) is 4.98. The molecule has 2 rings (SSSR count). The van der Waals surface area contributed by atoms with Crippen molar-refractivity contribution < 1.29 is 17.6 Å². The molecule has 0 atom stereocenters. The van der Waals surface area contributed by atoms with Crippen LogP contribution in [0.2, 0.25) is 5.02 Å². The van der Waals surface area contributed by atoms with Crippen molar-refractivity contribution in [1.82, 2.24) is 5.32 Å². The van der Waals surface area contributed by atoms with Crippen molar-refractivity contribution in [2.75, 3.05) is 5.32 Å². The lowest BCUT2D eigenvalue weighted by Crippen LogP contribution is -2.28. The van der Waals surface area contributed by atoms with E-state index in [0.29, 0.717) is 6.54 Å². The van der Waals surface area contributed by atoms with Gasteiger partial charge in [-0.3, -0.25) is 0 Å². The predicted molar refractivity (Wildman–Crippen MR) is 85.9 cm³/mol. The summed E-state index contributed by atoms with van der Waals surface area (Å²) in [7, 11) is 0. The van der Waals surface area contributed by atoms with Crippen LogP contribution < -0.4 is 10.6 Å². The third-order valence-corrected chi connectivity index (χ3v) is 3.48. The summed E-state index contributed by atoms with van der Waals surface area (Å²) < 4.78 is 50.9. The molecule has 0 aliphatic heterocycles. The van der Waals surface area contributed by atoms with Gasteiger partial charge in [-0.15, -0.1) is 0 Å². The minimum Gasteiger partial charge on any atom is -0.358 e. The van der Waals surface area contributed by atoms with Crippen LogP contribution >= 0.6 is 23.8 Å². The average molecular weight is 363 g/mol. The summed E-state index contributed by atoms with van der Waals surface area (Å²) in [5, 5.41) is 5.65. The van der Waals surface area contributed by atoms with E-state index in [1.807, 2.05) is 0 Å². The highest BCUT2D eigenvalue weighted by Crippen LogP contribution is 2.33. The maximum atomic E-state index is 12.8. The van der Waals surface area contributed by atoms with Gasteiger partial charge in [-0.25, -0.2) is 4.39 Å². The largest absolute Gasteiger partial charge is 0.416 e. The maximum Gasteiger partial charge on any atom is 0.416 e. The number of rotatable bonds is 3. The van der Waals surface area contributed by atoms with Crippen LogP contribution in [0.1, 0.15) is 11.1 Å². The molecule has 0 amide bonds. The summed E-state index contributed by atoms with van der Waals surface area (Å²) in [5.41, 5.74) is -0.00507. The van der Waals surface area contributed by atoms with Crippen LogP contribution in [0.4, 0.5) is 23.2 Å². The fourth-order valence-corrected chi connectivity index (χ4v) is 2.10. The van der Waals surface area contributed by atoms with E-state index in [-0.39, 0.29) is 21.6 Å². The number of hydrogen-bond donors (Lipinski definition) is 2. The van der Waals surface area contributed by atoms with E-state index >= 15 is 0 Å². The van der Waals surface area contributed by atoms with Crippen LogP contribution in [0.15, 0.2) is 42.5 Å². The lowest BCUT2D eigenvalue weighted by atomic mass is 10.2. The van der Waals surface area contributed by atoms with Crippen LogP contribution in [-0.2, 0) is 12.7 Å². The Bertz CT molecular complexity index is 702. The average Bonchev–Trinajstić information content (AvgIpc) is 2.48. The minimum atomic E-state index is -4.47. The molecule has 2 aromatic rings. The Morgan fingerprint density at radius 2 is 1.74 bits per heavy atom. The summed E-state index contributed by atoms with van der Waals surface area (Å²) >= 11 is 10.9. The van der Waals surface area contributed by atoms with Crippen LogP contribution in [0.5, 0.6) is 0 Å². The first kappa shape index (κ1) is 17.5. The molecule has 0 bridgehead atoms. The van der Waals surface area contributed by atoms with Gasteiger partial charge in [-0.2, -0.15) is 13.2 Å². The van der Waals surface area contributed by atoms with Crippen molar-refractivity contribution in [3.63, 3.8) is 0 Å². The Kier molecular flexibility index (Phi) is 5.43. The van der Waals surface area contributed by atoms with E-state index < -0.39 is 11.7 Å². The van der Waals surface area contributed by atoms with Gasteiger partial charge in [0, 0.05) is 6.54 Å². The number of alkyl halides is 3. The first-order valence-corrected chi connectivity index (χ1v) is 7.20. The van der Waals surface area contributed by atoms with E-state index in [4.69, 9.17) is 23.8 Å². The Morgan fingerprint density at radius 3 is 2.35 bits per heavy atom. The third-order valence-electron chi connectivity index (χ3n) is 2.91. The monoisotopic (exact) mass is 362 g/mol. The highest BCUT2D eigenvalue weighted by Gasteiger charge is 2.31. The molecule has 23 heavy (non-hydrogen) atoms. The second-order valence-electron chi connectivity index (χ2n) is 4.63. The molecule has 0 fully saturated rings. The number of halogens is 5. The van der Waals surface area contributed by atoms with E-state index in [2.05, 4.69) is 10.6 Å². The maximum absolute atomic E-state index is 12.8. The van der Waals surface area contributed by atoms with Gasteiger partial charge in [-0.05, 0) is 48.1 Å². The fraction of sp³-hybridized carbons (Fsp3) is 0.133. The lowest BCUT2D eigenvalue weighted by Gasteiger charge is -2.14. The molecule has 0 saturated carbocycles. The van der Waals surface area contributed by atoms with Gasteiger partial charge in [0.25, 0.3) is 0 Å². The SMILES string of the molecule is Fc1ccc(CNC(=S)Nc2cc(C(F)(F)F)ccc2Cl)cc1. The smallest absolute Gasteiger partial charge is 0.358 e. The van der Waals surface area contributed by atoms with E-state index in [1.165, 1.54) is 12.1 Å². The summed E-state index contributed by atoms with van der Waals surface area (Å²) in [6.07, 6.45) is -4.47. The number of nitrogens with one attached hydrogen (secondary N) is 2. The van der Waals surface area contributed by atoms with Crippen molar-refractivity contribution in [1.29, 1.82) is 0 Å². The number of benzene rings is 2. The zero-order valence-electron chi connectivity index (χ0n) is 11.5. The van der Waals surface area contributed by atoms with Gasteiger partial charge < -0.3 is 10.6 Å². The molecular weight excluding hydrogens is 352 g/mol. The molecule has 2 N–H and O–H groups in total. The Morgan fingerprint density at radius 1 is 1.09 bits per heavy atom. The normalized spacial score (nSPS) is 11.2. The van der Waals surface area contributed by atoms with Crippen molar-refractivity contribution in [3.8, 4) is 0 Å². The van der Waals surface area contributed by atoms with Crippen molar-refractivity contribution in [2.24, 2.45) is 0 Å². The van der Waals surface area contributed by atoms with Gasteiger partial charge in [0.05, 0.1) is 16.3 Å². The molecular formula is C15H11ClF4N2S. The van der Waals surface area contributed by atoms with E-state index in [0.717, 1.165) is 23.8 Å². The molecule has 0 aromatic heterocycles. The van der Waals surface area contributed by atoms with Crippen LogP contribution in [0.25, 0.3) is 0 Å².